The number of aromatic nitrogens is 3. The third-order valence-corrected chi connectivity index (χ3v) is 6.22. The maximum absolute atomic E-state index is 13.2. The minimum Gasteiger partial charge on any atom is -0.493 e. The molecule has 0 saturated carbocycles. The third kappa shape index (κ3) is 3.20. The van der Waals surface area contributed by atoms with Crippen molar-refractivity contribution in [2.75, 3.05) is 7.11 Å². The first-order valence-corrected chi connectivity index (χ1v) is 10.7. The van der Waals surface area contributed by atoms with E-state index in [9.17, 15) is 4.79 Å². The van der Waals surface area contributed by atoms with Crippen LogP contribution in [0.25, 0.3) is 27.6 Å². The molecule has 0 atom stereocenters. The zero-order valence-electron chi connectivity index (χ0n) is 17.4. The van der Waals surface area contributed by atoms with Crippen LogP contribution in [0, 0.1) is 11.3 Å². The van der Waals surface area contributed by atoms with E-state index in [1.165, 1.54) is 0 Å². The lowest BCUT2D eigenvalue weighted by Crippen LogP contribution is -2.20. The summed E-state index contributed by atoms with van der Waals surface area (Å²) in [6, 6.07) is 16.7. The molecule has 158 valence electrons. The van der Waals surface area contributed by atoms with Crippen LogP contribution in [0.3, 0.4) is 0 Å². The van der Waals surface area contributed by atoms with Crippen LogP contribution < -0.4 is 15.2 Å². The Kier molecular flexibility index (Phi) is 4.88. The number of nitriles is 1. The number of thiophene rings is 1. The maximum atomic E-state index is 13.2. The summed E-state index contributed by atoms with van der Waals surface area (Å²) >= 11 is 1.62. The highest BCUT2D eigenvalue weighted by Gasteiger charge is 2.18. The van der Waals surface area contributed by atoms with E-state index in [2.05, 4.69) is 11.1 Å². The van der Waals surface area contributed by atoms with E-state index in [0.29, 0.717) is 40.4 Å². The molecule has 0 unspecified atom stereocenters. The summed E-state index contributed by atoms with van der Waals surface area (Å²) in [6.07, 6.45) is 1.69. The number of aryl methyl sites for hydroxylation is 1. The van der Waals surface area contributed by atoms with Gasteiger partial charge in [-0.2, -0.15) is 5.26 Å². The van der Waals surface area contributed by atoms with Gasteiger partial charge < -0.3 is 9.47 Å². The second-order valence-electron chi connectivity index (χ2n) is 7.22. The van der Waals surface area contributed by atoms with Crippen LogP contribution in [0.15, 0.2) is 64.9 Å². The first-order chi connectivity index (χ1) is 15.6. The Hall–Kier alpha value is -4.09. The molecule has 0 radical (unpaired) electrons. The van der Waals surface area contributed by atoms with E-state index in [1.54, 1.807) is 65.1 Å². The normalized spacial score (nSPS) is 11.0. The Morgan fingerprint density at radius 2 is 1.97 bits per heavy atom. The van der Waals surface area contributed by atoms with Gasteiger partial charge in [-0.3, -0.25) is 14.1 Å². The number of imidazole rings is 1. The van der Waals surface area contributed by atoms with E-state index in [4.69, 9.17) is 14.7 Å². The highest BCUT2D eigenvalue weighted by atomic mass is 32.1. The monoisotopic (exact) mass is 442 g/mol. The molecular formula is C24H18N4O3S. The van der Waals surface area contributed by atoms with Crippen molar-refractivity contribution in [1.82, 2.24) is 14.1 Å². The van der Waals surface area contributed by atoms with E-state index in [1.807, 2.05) is 29.6 Å². The molecule has 5 rings (SSSR count). The summed E-state index contributed by atoms with van der Waals surface area (Å²) in [5, 5.41) is 11.9. The van der Waals surface area contributed by atoms with Crippen molar-refractivity contribution in [3.63, 3.8) is 0 Å². The minimum atomic E-state index is -0.198. The van der Waals surface area contributed by atoms with Crippen LogP contribution in [0.1, 0.15) is 10.4 Å². The van der Waals surface area contributed by atoms with Gasteiger partial charge in [0.05, 0.1) is 47.2 Å². The lowest BCUT2D eigenvalue weighted by Gasteiger charge is -2.12. The number of hydrogen-bond acceptors (Lipinski definition) is 6. The van der Waals surface area contributed by atoms with Crippen molar-refractivity contribution in [2.45, 2.75) is 6.61 Å². The van der Waals surface area contributed by atoms with Gasteiger partial charge in [-0.1, -0.05) is 6.07 Å². The summed E-state index contributed by atoms with van der Waals surface area (Å²) in [7, 11) is 3.31. The minimum absolute atomic E-state index is 0.198. The Bertz CT molecular complexity index is 1540. The third-order valence-electron chi connectivity index (χ3n) is 5.37. The van der Waals surface area contributed by atoms with Crippen molar-refractivity contribution < 1.29 is 9.47 Å². The highest BCUT2D eigenvalue weighted by molar-refractivity contribution is 7.09. The lowest BCUT2D eigenvalue weighted by molar-refractivity contribution is 0.288. The van der Waals surface area contributed by atoms with Crippen molar-refractivity contribution >= 4 is 33.3 Å². The molecule has 5 aromatic rings. The Morgan fingerprint density at radius 1 is 1.16 bits per heavy atom. The van der Waals surface area contributed by atoms with Crippen LogP contribution in [-0.2, 0) is 13.7 Å². The molecule has 32 heavy (non-hydrogen) atoms. The number of ether oxygens (including phenoxy) is 2. The Balaban J connectivity index is 1.75. The second-order valence-corrected chi connectivity index (χ2v) is 8.25. The molecule has 0 saturated heterocycles. The van der Waals surface area contributed by atoms with Gasteiger partial charge in [-0.25, -0.2) is 4.79 Å². The van der Waals surface area contributed by atoms with Crippen LogP contribution in [0.4, 0.5) is 0 Å². The smallest absolute Gasteiger partial charge is 0.333 e. The number of fused-ring (bicyclic) bond motifs is 3. The van der Waals surface area contributed by atoms with Crippen molar-refractivity contribution in [1.29, 1.82) is 5.26 Å². The number of methoxy groups -OCH3 is 1. The van der Waals surface area contributed by atoms with Crippen LogP contribution in [0.5, 0.6) is 11.5 Å². The van der Waals surface area contributed by atoms with E-state index < -0.39 is 0 Å². The first-order valence-electron chi connectivity index (χ1n) is 9.84. The predicted molar refractivity (Wildman–Crippen MR) is 124 cm³/mol. The van der Waals surface area contributed by atoms with E-state index in [0.717, 1.165) is 15.8 Å². The zero-order valence-corrected chi connectivity index (χ0v) is 18.2. The molecule has 0 N–H and O–H groups in total. The van der Waals surface area contributed by atoms with Gasteiger partial charge in [0, 0.05) is 23.4 Å². The van der Waals surface area contributed by atoms with Crippen molar-refractivity contribution in [2.24, 2.45) is 7.05 Å². The molecule has 0 aliphatic rings. The maximum Gasteiger partial charge on any atom is 0.333 e. The number of hydrogen-bond donors (Lipinski definition) is 0. The van der Waals surface area contributed by atoms with Gasteiger partial charge in [0.2, 0.25) is 0 Å². The number of nitrogens with zero attached hydrogens (tertiary/aromatic N) is 4. The average Bonchev–Trinajstić information content (AvgIpc) is 3.44. The molecule has 3 aromatic heterocycles. The summed E-state index contributed by atoms with van der Waals surface area (Å²) in [5.41, 5.74) is 3.10. The molecule has 3 heterocycles. The molecule has 0 bridgehead atoms. The summed E-state index contributed by atoms with van der Waals surface area (Å²) in [6.45, 7) is 0.417. The summed E-state index contributed by atoms with van der Waals surface area (Å²) in [4.78, 5) is 18.8. The molecular weight excluding hydrogens is 424 g/mol. The molecule has 7 nitrogen and oxygen atoms in total. The van der Waals surface area contributed by atoms with Crippen LogP contribution in [0.2, 0.25) is 0 Å². The number of pyridine rings is 1. The quantitative estimate of drug-likeness (QED) is 0.403. The number of benzene rings is 2. The SMILES string of the molecule is COc1cc2ncc3c(c2cc1OCc1cccs1)n(-c1ccc(C#N)cc1)c(=O)n3C. The molecule has 0 spiro atoms. The van der Waals surface area contributed by atoms with Gasteiger partial charge in [0.25, 0.3) is 0 Å². The fourth-order valence-electron chi connectivity index (χ4n) is 3.75. The highest BCUT2D eigenvalue weighted by Crippen LogP contribution is 2.36. The van der Waals surface area contributed by atoms with Gasteiger partial charge in [0.1, 0.15) is 6.61 Å². The fraction of sp³-hybridized carbons (Fsp3) is 0.125. The largest absolute Gasteiger partial charge is 0.493 e. The van der Waals surface area contributed by atoms with Gasteiger partial charge in [-0.05, 0) is 41.8 Å². The average molecular weight is 443 g/mol. The summed E-state index contributed by atoms with van der Waals surface area (Å²) < 4.78 is 14.8. The van der Waals surface area contributed by atoms with Crippen molar-refractivity contribution in [3.05, 3.63) is 81.0 Å². The van der Waals surface area contributed by atoms with Gasteiger partial charge in [-0.15, -0.1) is 11.3 Å². The topological polar surface area (TPSA) is 82.1 Å². The Labute approximate surface area is 187 Å². The molecule has 0 amide bonds. The molecule has 0 fully saturated rings. The molecule has 0 aliphatic heterocycles. The number of rotatable bonds is 5. The van der Waals surface area contributed by atoms with Crippen LogP contribution >= 0.6 is 11.3 Å². The van der Waals surface area contributed by atoms with Crippen LogP contribution in [-0.4, -0.2) is 21.2 Å². The second kappa shape index (κ2) is 7.87. The molecule has 8 heteroatoms. The Morgan fingerprint density at radius 3 is 2.66 bits per heavy atom. The fourth-order valence-corrected chi connectivity index (χ4v) is 4.36. The van der Waals surface area contributed by atoms with E-state index >= 15 is 0 Å². The van der Waals surface area contributed by atoms with Gasteiger partial charge in [0.15, 0.2) is 11.5 Å². The molecule has 0 aliphatic carbocycles. The summed E-state index contributed by atoms with van der Waals surface area (Å²) in [5.74, 6) is 1.15. The standard InChI is InChI=1S/C24H18N4O3S/c1-27-20-13-26-19-11-21(30-2)22(31-14-17-4-3-9-32-17)10-18(19)23(20)28(24(27)29)16-7-5-15(12-25)6-8-16/h3-11,13H,14H2,1-2H3. The van der Waals surface area contributed by atoms with E-state index in [-0.39, 0.29) is 5.69 Å². The molecule has 2 aromatic carbocycles. The zero-order chi connectivity index (χ0) is 22.2. The lowest BCUT2D eigenvalue weighted by atomic mass is 10.1. The predicted octanol–water partition coefficient (Wildman–Crippen LogP) is 4.40. The van der Waals surface area contributed by atoms with Gasteiger partial charge >= 0.3 is 5.69 Å². The van der Waals surface area contributed by atoms with Crippen molar-refractivity contribution in [3.8, 4) is 23.3 Å². The first kappa shape index (κ1) is 19.8.